The number of methoxy groups -OCH3 is 2. The predicted octanol–water partition coefficient (Wildman–Crippen LogP) is 0.736. The van der Waals surface area contributed by atoms with Crippen molar-refractivity contribution in [3.05, 3.63) is 0 Å². The summed E-state index contributed by atoms with van der Waals surface area (Å²) >= 11 is 5.58. The van der Waals surface area contributed by atoms with Gasteiger partial charge < -0.3 is 19.7 Å². The van der Waals surface area contributed by atoms with Crippen LogP contribution >= 0.6 is 11.6 Å². The standard InChI is InChI=1S/C9H19ClO4/c1-4-9(12,6-10)7(11)5-8(13-2)14-3/h7-8,11-12H,4-6H2,1-3H3/t7-,9-/m0/s1. The Hall–Kier alpha value is 0.130. The van der Waals surface area contributed by atoms with Crippen LogP contribution in [-0.4, -0.2) is 48.3 Å². The molecule has 0 aromatic rings. The third kappa shape index (κ3) is 3.71. The summed E-state index contributed by atoms with van der Waals surface area (Å²) in [6.45, 7) is 1.76. The number of ether oxygens (including phenoxy) is 2. The zero-order valence-corrected chi connectivity index (χ0v) is 9.62. The van der Waals surface area contributed by atoms with Gasteiger partial charge in [-0.3, -0.25) is 0 Å². The largest absolute Gasteiger partial charge is 0.390 e. The van der Waals surface area contributed by atoms with Crippen LogP contribution in [0.4, 0.5) is 0 Å². The van der Waals surface area contributed by atoms with Crippen LogP contribution in [-0.2, 0) is 9.47 Å². The number of halogens is 1. The zero-order valence-electron chi connectivity index (χ0n) is 8.86. The predicted molar refractivity (Wildman–Crippen MR) is 54.4 cm³/mol. The van der Waals surface area contributed by atoms with Crippen molar-refractivity contribution >= 4 is 11.6 Å². The second kappa shape index (κ2) is 6.58. The van der Waals surface area contributed by atoms with E-state index in [1.807, 2.05) is 0 Å². The Morgan fingerprint density at radius 2 is 1.86 bits per heavy atom. The van der Waals surface area contributed by atoms with E-state index in [2.05, 4.69) is 0 Å². The van der Waals surface area contributed by atoms with Gasteiger partial charge in [0.1, 0.15) is 5.60 Å². The SMILES string of the molecule is CC[C@](O)(CCl)[C@@H](O)CC(OC)OC. The minimum absolute atomic E-state index is 0.00911. The van der Waals surface area contributed by atoms with Crippen LogP contribution in [0.3, 0.4) is 0 Å². The van der Waals surface area contributed by atoms with Gasteiger partial charge in [0.25, 0.3) is 0 Å². The molecule has 0 bridgehead atoms. The van der Waals surface area contributed by atoms with E-state index in [1.54, 1.807) is 6.92 Å². The van der Waals surface area contributed by atoms with Gasteiger partial charge >= 0.3 is 0 Å². The van der Waals surface area contributed by atoms with E-state index < -0.39 is 18.0 Å². The zero-order chi connectivity index (χ0) is 11.2. The monoisotopic (exact) mass is 226 g/mol. The molecule has 0 spiro atoms. The summed E-state index contributed by atoms with van der Waals surface area (Å²) in [6.07, 6.45) is -0.886. The Bertz CT molecular complexity index is 146. The van der Waals surface area contributed by atoms with Crippen molar-refractivity contribution in [3.8, 4) is 0 Å². The number of aliphatic hydroxyl groups is 2. The molecule has 4 nitrogen and oxygen atoms in total. The van der Waals surface area contributed by atoms with Crippen molar-refractivity contribution in [2.75, 3.05) is 20.1 Å². The maximum Gasteiger partial charge on any atom is 0.159 e. The van der Waals surface area contributed by atoms with E-state index in [9.17, 15) is 10.2 Å². The Morgan fingerprint density at radius 3 is 2.14 bits per heavy atom. The highest BCUT2D eigenvalue weighted by atomic mass is 35.5. The lowest BCUT2D eigenvalue weighted by Gasteiger charge is -2.31. The topological polar surface area (TPSA) is 58.9 Å². The molecule has 0 amide bonds. The van der Waals surface area contributed by atoms with Crippen LogP contribution in [0.25, 0.3) is 0 Å². The fraction of sp³-hybridized carbons (Fsp3) is 1.00. The van der Waals surface area contributed by atoms with Crippen LogP contribution in [0.2, 0.25) is 0 Å². The van der Waals surface area contributed by atoms with Gasteiger partial charge in [0.15, 0.2) is 6.29 Å². The fourth-order valence-corrected chi connectivity index (χ4v) is 1.48. The van der Waals surface area contributed by atoms with E-state index in [-0.39, 0.29) is 12.3 Å². The van der Waals surface area contributed by atoms with Crippen molar-refractivity contribution in [3.63, 3.8) is 0 Å². The first-order valence-corrected chi connectivity index (χ1v) is 5.09. The molecule has 0 heterocycles. The van der Waals surface area contributed by atoms with Crippen molar-refractivity contribution in [1.29, 1.82) is 0 Å². The number of aliphatic hydroxyl groups excluding tert-OH is 1. The minimum Gasteiger partial charge on any atom is -0.390 e. The summed E-state index contributed by atoms with van der Waals surface area (Å²) in [6, 6.07) is 0. The maximum atomic E-state index is 9.84. The Labute approximate surface area is 89.8 Å². The molecular weight excluding hydrogens is 208 g/mol. The molecule has 2 atom stereocenters. The number of hydrogen-bond acceptors (Lipinski definition) is 4. The molecule has 0 radical (unpaired) electrons. The van der Waals surface area contributed by atoms with Crippen LogP contribution in [0, 0.1) is 0 Å². The van der Waals surface area contributed by atoms with Crippen molar-refractivity contribution in [2.24, 2.45) is 0 Å². The molecule has 0 aliphatic heterocycles. The molecule has 14 heavy (non-hydrogen) atoms. The van der Waals surface area contributed by atoms with Gasteiger partial charge in [0, 0.05) is 20.6 Å². The molecule has 0 aromatic carbocycles. The molecule has 0 fully saturated rings. The third-order valence-electron chi connectivity index (χ3n) is 2.41. The highest BCUT2D eigenvalue weighted by Gasteiger charge is 2.34. The highest BCUT2D eigenvalue weighted by molar-refractivity contribution is 6.18. The lowest BCUT2D eigenvalue weighted by Crippen LogP contribution is -2.45. The van der Waals surface area contributed by atoms with Crippen LogP contribution < -0.4 is 0 Å². The first-order valence-electron chi connectivity index (χ1n) is 4.56. The van der Waals surface area contributed by atoms with Crippen molar-refractivity contribution in [2.45, 2.75) is 37.8 Å². The normalized spacial score (nSPS) is 18.2. The van der Waals surface area contributed by atoms with Gasteiger partial charge in [-0.15, -0.1) is 11.6 Å². The van der Waals surface area contributed by atoms with E-state index in [0.29, 0.717) is 6.42 Å². The van der Waals surface area contributed by atoms with E-state index in [4.69, 9.17) is 21.1 Å². The summed E-state index contributed by atoms with van der Waals surface area (Å²) in [4.78, 5) is 0. The Balaban J connectivity index is 4.22. The first-order chi connectivity index (χ1) is 6.53. The summed E-state index contributed by atoms with van der Waals surface area (Å²) in [7, 11) is 2.96. The summed E-state index contributed by atoms with van der Waals surface area (Å²) < 4.78 is 9.84. The number of rotatable bonds is 7. The average molecular weight is 227 g/mol. The molecule has 0 aliphatic rings. The molecule has 86 valence electrons. The van der Waals surface area contributed by atoms with Crippen molar-refractivity contribution < 1.29 is 19.7 Å². The molecule has 0 aromatic heterocycles. The van der Waals surface area contributed by atoms with Crippen molar-refractivity contribution in [1.82, 2.24) is 0 Å². The molecule has 2 N–H and O–H groups in total. The second-order valence-corrected chi connectivity index (χ2v) is 3.51. The van der Waals surface area contributed by atoms with Gasteiger partial charge in [-0.1, -0.05) is 6.92 Å². The minimum atomic E-state index is -1.27. The molecule has 0 unspecified atom stereocenters. The fourth-order valence-electron chi connectivity index (χ4n) is 1.11. The molecule has 0 saturated heterocycles. The maximum absolute atomic E-state index is 9.84. The molecule has 0 saturated carbocycles. The summed E-state index contributed by atoms with van der Waals surface area (Å²) in [5.41, 5.74) is -1.27. The van der Waals surface area contributed by atoms with E-state index in [0.717, 1.165) is 0 Å². The lowest BCUT2D eigenvalue weighted by molar-refractivity contribution is -0.151. The molecular formula is C9H19ClO4. The van der Waals surface area contributed by atoms with Gasteiger partial charge in [-0.2, -0.15) is 0 Å². The van der Waals surface area contributed by atoms with Gasteiger partial charge in [0.2, 0.25) is 0 Å². The molecule has 0 rings (SSSR count). The lowest BCUT2D eigenvalue weighted by atomic mass is 9.93. The summed E-state index contributed by atoms with van der Waals surface area (Å²) in [5, 5.41) is 19.6. The number of alkyl halides is 1. The van der Waals surface area contributed by atoms with Crippen LogP contribution in [0.15, 0.2) is 0 Å². The molecule has 0 aliphatic carbocycles. The smallest absolute Gasteiger partial charge is 0.159 e. The van der Waals surface area contributed by atoms with Crippen LogP contribution in [0.1, 0.15) is 19.8 Å². The second-order valence-electron chi connectivity index (χ2n) is 3.24. The Kier molecular flexibility index (Phi) is 6.64. The molecule has 5 heteroatoms. The number of hydrogen-bond donors (Lipinski definition) is 2. The van der Waals surface area contributed by atoms with Crippen LogP contribution in [0.5, 0.6) is 0 Å². The van der Waals surface area contributed by atoms with Gasteiger partial charge in [0.05, 0.1) is 12.0 Å². The quantitative estimate of drug-likeness (QED) is 0.497. The highest BCUT2D eigenvalue weighted by Crippen LogP contribution is 2.21. The van der Waals surface area contributed by atoms with E-state index in [1.165, 1.54) is 14.2 Å². The van der Waals surface area contributed by atoms with E-state index >= 15 is 0 Å². The first kappa shape index (κ1) is 14.1. The van der Waals surface area contributed by atoms with Gasteiger partial charge in [-0.25, -0.2) is 0 Å². The Morgan fingerprint density at radius 1 is 1.36 bits per heavy atom. The average Bonchev–Trinajstić information content (AvgIpc) is 2.24. The summed E-state index contributed by atoms with van der Waals surface area (Å²) in [5.74, 6) is -0.00911. The van der Waals surface area contributed by atoms with Gasteiger partial charge in [-0.05, 0) is 6.42 Å². The third-order valence-corrected chi connectivity index (χ3v) is 2.87.